The van der Waals surface area contributed by atoms with Crippen LogP contribution in [0, 0.1) is 30.9 Å². The van der Waals surface area contributed by atoms with Gasteiger partial charge in [0.05, 0.1) is 4.92 Å². The van der Waals surface area contributed by atoms with E-state index in [1.54, 1.807) is 13.0 Å². The Morgan fingerprint density at radius 3 is 2.50 bits per heavy atom. The van der Waals surface area contributed by atoms with Gasteiger partial charge in [-0.2, -0.15) is 0 Å². The Kier molecular flexibility index (Phi) is 3.85. The maximum atomic E-state index is 10.7. The molecule has 0 fully saturated rings. The van der Waals surface area contributed by atoms with E-state index in [1.165, 1.54) is 12.1 Å². The standard InChI is InChI=1S/C13H12ClN3O3/c1-7-6-10(17(18)19)4-5-11(7)20-13-9(3)8(2)12(14)15-16-13/h4-6H,1-3H3. The Labute approximate surface area is 120 Å². The molecule has 0 saturated heterocycles. The fourth-order valence-corrected chi connectivity index (χ4v) is 1.80. The number of nitrogens with zero attached hydrogens (tertiary/aromatic N) is 3. The lowest BCUT2D eigenvalue weighted by Gasteiger charge is -2.11. The number of nitro groups is 1. The van der Waals surface area contributed by atoms with Crippen LogP contribution in [0.4, 0.5) is 5.69 Å². The number of halogens is 1. The van der Waals surface area contributed by atoms with Crippen molar-refractivity contribution in [2.45, 2.75) is 20.8 Å². The molecule has 1 heterocycles. The van der Waals surface area contributed by atoms with Gasteiger partial charge in [0.15, 0.2) is 5.15 Å². The van der Waals surface area contributed by atoms with Crippen LogP contribution in [-0.2, 0) is 0 Å². The van der Waals surface area contributed by atoms with Gasteiger partial charge in [0.25, 0.3) is 5.69 Å². The van der Waals surface area contributed by atoms with Crippen LogP contribution in [-0.4, -0.2) is 15.1 Å². The van der Waals surface area contributed by atoms with Crippen molar-refractivity contribution in [2.24, 2.45) is 0 Å². The zero-order chi connectivity index (χ0) is 14.9. The molecule has 0 aliphatic rings. The Morgan fingerprint density at radius 1 is 1.20 bits per heavy atom. The first-order valence-corrected chi connectivity index (χ1v) is 6.20. The molecule has 0 radical (unpaired) electrons. The number of aryl methyl sites for hydroxylation is 1. The zero-order valence-corrected chi connectivity index (χ0v) is 11.9. The van der Waals surface area contributed by atoms with Crippen molar-refractivity contribution in [2.75, 3.05) is 0 Å². The third kappa shape index (κ3) is 2.70. The van der Waals surface area contributed by atoms with E-state index in [9.17, 15) is 10.1 Å². The molecule has 0 aliphatic carbocycles. The monoisotopic (exact) mass is 293 g/mol. The van der Waals surface area contributed by atoms with Crippen LogP contribution in [0.5, 0.6) is 11.6 Å². The minimum atomic E-state index is -0.450. The number of hydrogen-bond acceptors (Lipinski definition) is 5. The predicted molar refractivity (Wildman–Crippen MR) is 74.4 cm³/mol. The van der Waals surface area contributed by atoms with Crippen molar-refractivity contribution in [3.05, 3.63) is 50.2 Å². The smallest absolute Gasteiger partial charge is 0.269 e. The van der Waals surface area contributed by atoms with E-state index in [2.05, 4.69) is 10.2 Å². The fraction of sp³-hybridized carbons (Fsp3) is 0.231. The Morgan fingerprint density at radius 2 is 1.90 bits per heavy atom. The molecule has 0 amide bonds. The largest absolute Gasteiger partial charge is 0.437 e. The first-order chi connectivity index (χ1) is 9.40. The highest BCUT2D eigenvalue weighted by Gasteiger charge is 2.13. The van der Waals surface area contributed by atoms with Crippen LogP contribution < -0.4 is 4.74 Å². The van der Waals surface area contributed by atoms with Gasteiger partial charge in [-0.25, -0.2) is 0 Å². The SMILES string of the molecule is Cc1cc([N+](=O)[O-])ccc1Oc1nnc(Cl)c(C)c1C. The minimum Gasteiger partial charge on any atom is -0.437 e. The van der Waals surface area contributed by atoms with Crippen LogP contribution in [0.25, 0.3) is 0 Å². The van der Waals surface area contributed by atoms with Crippen LogP contribution in [0.1, 0.15) is 16.7 Å². The van der Waals surface area contributed by atoms with E-state index < -0.39 is 4.92 Å². The van der Waals surface area contributed by atoms with Crippen LogP contribution >= 0.6 is 11.6 Å². The zero-order valence-electron chi connectivity index (χ0n) is 11.2. The number of nitro benzene ring substituents is 1. The third-order valence-corrected chi connectivity index (χ3v) is 3.36. The molecule has 0 bridgehead atoms. The summed E-state index contributed by atoms with van der Waals surface area (Å²) in [6.07, 6.45) is 0. The lowest BCUT2D eigenvalue weighted by atomic mass is 10.2. The molecular formula is C13H12ClN3O3. The average molecular weight is 294 g/mol. The molecular weight excluding hydrogens is 282 g/mol. The van der Waals surface area contributed by atoms with Gasteiger partial charge in [-0.1, -0.05) is 11.6 Å². The van der Waals surface area contributed by atoms with Crippen LogP contribution in [0.15, 0.2) is 18.2 Å². The van der Waals surface area contributed by atoms with Crippen molar-refractivity contribution < 1.29 is 9.66 Å². The summed E-state index contributed by atoms with van der Waals surface area (Å²) < 4.78 is 5.66. The maximum Gasteiger partial charge on any atom is 0.269 e. The molecule has 0 N–H and O–H groups in total. The molecule has 7 heteroatoms. The van der Waals surface area contributed by atoms with E-state index in [0.29, 0.717) is 22.3 Å². The van der Waals surface area contributed by atoms with Crippen molar-refractivity contribution in [3.8, 4) is 11.6 Å². The molecule has 1 aromatic carbocycles. The second-order valence-corrected chi connectivity index (χ2v) is 4.71. The Balaban J connectivity index is 2.36. The quantitative estimate of drug-likeness (QED) is 0.636. The Bertz CT molecular complexity index is 689. The number of ether oxygens (including phenoxy) is 1. The summed E-state index contributed by atoms with van der Waals surface area (Å²) in [4.78, 5) is 10.2. The molecule has 1 aromatic heterocycles. The highest BCUT2D eigenvalue weighted by molar-refractivity contribution is 6.30. The number of non-ortho nitro benzene ring substituents is 1. The van der Waals surface area contributed by atoms with Crippen molar-refractivity contribution in [1.82, 2.24) is 10.2 Å². The van der Waals surface area contributed by atoms with E-state index in [0.717, 1.165) is 11.1 Å². The van der Waals surface area contributed by atoms with E-state index in [-0.39, 0.29) is 5.69 Å². The van der Waals surface area contributed by atoms with Gasteiger partial charge in [-0.15, -0.1) is 10.2 Å². The molecule has 2 aromatic rings. The van der Waals surface area contributed by atoms with Gasteiger partial charge in [0, 0.05) is 17.7 Å². The van der Waals surface area contributed by atoms with E-state index >= 15 is 0 Å². The summed E-state index contributed by atoms with van der Waals surface area (Å²) in [5.74, 6) is 0.832. The molecule has 104 valence electrons. The molecule has 20 heavy (non-hydrogen) atoms. The first kappa shape index (κ1) is 14.2. The number of aromatic nitrogens is 2. The molecule has 0 saturated carbocycles. The van der Waals surface area contributed by atoms with Crippen molar-refractivity contribution in [3.63, 3.8) is 0 Å². The summed E-state index contributed by atoms with van der Waals surface area (Å²) in [6.45, 7) is 5.38. The first-order valence-electron chi connectivity index (χ1n) is 5.82. The molecule has 0 aliphatic heterocycles. The molecule has 0 spiro atoms. The number of hydrogen-bond donors (Lipinski definition) is 0. The van der Waals surface area contributed by atoms with Crippen molar-refractivity contribution in [1.29, 1.82) is 0 Å². The minimum absolute atomic E-state index is 0.0185. The second-order valence-electron chi connectivity index (χ2n) is 4.35. The molecule has 0 atom stereocenters. The molecule has 0 unspecified atom stereocenters. The van der Waals surface area contributed by atoms with Crippen molar-refractivity contribution >= 4 is 17.3 Å². The van der Waals surface area contributed by atoms with Gasteiger partial charge in [0.2, 0.25) is 5.88 Å². The average Bonchev–Trinajstić information content (AvgIpc) is 2.41. The lowest BCUT2D eigenvalue weighted by molar-refractivity contribution is -0.384. The summed E-state index contributed by atoms with van der Waals surface area (Å²) in [5.41, 5.74) is 2.23. The normalized spacial score (nSPS) is 10.4. The highest BCUT2D eigenvalue weighted by Crippen LogP contribution is 2.30. The summed E-state index contributed by atoms with van der Waals surface area (Å²) >= 11 is 5.87. The Hall–Kier alpha value is -2.21. The predicted octanol–water partition coefficient (Wildman–Crippen LogP) is 3.76. The van der Waals surface area contributed by atoms with E-state index in [1.807, 2.05) is 13.8 Å². The summed E-state index contributed by atoms with van der Waals surface area (Å²) in [6, 6.07) is 4.37. The lowest BCUT2D eigenvalue weighted by Crippen LogP contribution is -1.99. The second kappa shape index (κ2) is 5.42. The fourth-order valence-electron chi connectivity index (χ4n) is 1.62. The van der Waals surface area contributed by atoms with Gasteiger partial charge in [-0.3, -0.25) is 10.1 Å². The van der Waals surface area contributed by atoms with Gasteiger partial charge in [-0.05, 0) is 38.0 Å². The van der Waals surface area contributed by atoms with Crippen LogP contribution in [0.3, 0.4) is 0 Å². The topological polar surface area (TPSA) is 78.2 Å². The number of rotatable bonds is 3. The summed E-state index contributed by atoms with van der Waals surface area (Å²) in [7, 11) is 0. The highest BCUT2D eigenvalue weighted by atomic mass is 35.5. The van der Waals surface area contributed by atoms with Gasteiger partial charge >= 0.3 is 0 Å². The van der Waals surface area contributed by atoms with Gasteiger partial charge < -0.3 is 4.74 Å². The maximum absolute atomic E-state index is 10.7. The molecule has 6 nitrogen and oxygen atoms in total. The van der Waals surface area contributed by atoms with Gasteiger partial charge in [0.1, 0.15) is 5.75 Å². The molecule has 2 rings (SSSR count). The third-order valence-electron chi connectivity index (χ3n) is 3.00. The van der Waals surface area contributed by atoms with Crippen LogP contribution in [0.2, 0.25) is 5.15 Å². The summed E-state index contributed by atoms with van der Waals surface area (Å²) in [5, 5.41) is 18.7. The van der Waals surface area contributed by atoms with E-state index in [4.69, 9.17) is 16.3 Å². The number of benzene rings is 1.